The van der Waals surface area contributed by atoms with Crippen LogP contribution in [-0.4, -0.2) is 6.29 Å². The van der Waals surface area contributed by atoms with E-state index in [2.05, 4.69) is 24.4 Å². The molecule has 0 aliphatic heterocycles. The fourth-order valence-corrected chi connectivity index (χ4v) is 0.890. The SMILES string of the molecule is CC(C)(C)C=O.Cc1cccs1. The van der Waals surface area contributed by atoms with Gasteiger partial charge < -0.3 is 4.79 Å². The Kier molecular flexibility index (Phi) is 4.83. The highest BCUT2D eigenvalue weighted by molar-refractivity contribution is 7.09. The third-order valence-electron chi connectivity index (χ3n) is 1.02. The highest BCUT2D eigenvalue weighted by Crippen LogP contribution is 2.05. The van der Waals surface area contributed by atoms with Crippen molar-refractivity contribution in [2.24, 2.45) is 5.41 Å². The van der Waals surface area contributed by atoms with Crippen molar-refractivity contribution >= 4 is 17.6 Å². The Bertz CT molecular complexity index is 206. The molecule has 1 nitrogen and oxygen atoms in total. The van der Waals surface area contributed by atoms with Crippen LogP contribution in [0.5, 0.6) is 0 Å². The molecule has 0 unspecified atom stereocenters. The Hall–Kier alpha value is -0.630. The fourth-order valence-electron chi connectivity index (χ4n) is 0.361. The normalized spacial score (nSPS) is 10.0. The van der Waals surface area contributed by atoms with Crippen LogP contribution in [0.15, 0.2) is 17.5 Å². The van der Waals surface area contributed by atoms with Gasteiger partial charge in [-0.15, -0.1) is 11.3 Å². The van der Waals surface area contributed by atoms with Crippen molar-refractivity contribution in [3.8, 4) is 0 Å². The smallest absolute Gasteiger partial charge is 0.125 e. The molecule has 68 valence electrons. The summed E-state index contributed by atoms with van der Waals surface area (Å²) in [5, 5.41) is 2.08. The lowest BCUT2D eigenvalue weighted by molar-refractivity contribution is -0.113. The number of thiophene rings is 1. The molecule has 1 aromatic rings. The number of aryl methyl sites for hydroxylation is 1. The third kappa shape index (κ3) is 7.48. The van der Waals surface area contributed by atoms with Crippen molar-refractivity contribution in [1.29, 1.82) is 0 Å². The van der Waals surface area contributed by atoms with E-state index < -0.39 is 0 Å². The van der Waals surface area contributed by atoms with E-state index in [0.717, 1.165) is 6.29 Å². The van der Waals surface area contributed by atoms with Crippen LogP contribution in [0.1, 0.15) is 25.6 Å². The molecule has 0 saturated heterocycles. The summed E-state index contributed by atoms with van der Waals surface area (Å²) >= 11 is 1.78. The number of aldehydes is 1. The van der Waals surface area contributed by atoms with Crippen LogP contribution in [0, 0.1) is 12.3 Å². The minimum Gasteiger partial charge on any atom is -0.303 e. The van der Waals surface area contributed by atoms with E-state index >= 15 is 0 Å². The van der Waals surface area contributed by atoms with Crippen LogP contribution < -0.4 is 0 Å². The van der Waals surface area contributed by atoms with Gasteiger partial charge in [0.25, 0.3) is 0 Å². The van der Waals surface area contributed by atoms with Crippen molar-refractivity contribution in [2.75, 3.05) is 0 Å². The van der Waals surface area contributed by atoms with E-state index in [9.17, 15) is 4.79 Å². The second-order valence-corrected chi connectivity index (χ2v) is 4.86. The van der Waals surface area contributed by atoms with Gasteiger partial charge in [0.2, 0.25) is 0 Å². The summed E-state index contributed by atoms with van der Waals surface area (Å²) in [4.78, 5) is 11.2. The molecule has 0 radical (unpaired) electrons. The summed E-state index contributed by atoms with van der Waals surface area (Å²) in [7, 11) is 0. The van der Waals surface area contributed by atoms with Gasteiger partial charge in [-0.2, -0.15) is 0 Å². The van der Waals surface area contributed by atoms with Crippen LogP contribution in [-0.2, 0) is 4.79 Å². The Morgan fingerprint density at radius 2 is 1.92 bits per heavy atom. The molecule has 2 heteroatoms. The third-order valence-corrected chi connectivity index (χ3v) is 1.82. The highest BCUT2D eigenvalue weighted by atomic mass is 32.1. The number of rotatable bonds is 0. The van der Waals surface area contributed by atoms with E-state index in [4.69, 9.17) is 0 Å². The van der Waals surface area contributed by atoms with E-state index in [1.807, 2.05) is 20.8 Å². The lowest BCUT2D eigenvalue weighted by atomic mass is 10.0. The molecule has 0 aliphatic rings. The lowest BCUT2D eigenvalue weighted by Gasteiger charge is -2.03. The number of carbonyl (C=O) groups is 1. The summed E-state index contributed by atoms with van der Waals surface area (Å²) in [5.41, 5.74) is -0.139. The van der Waals surface area contributed by atoms with Crippen LogP contribution >= 0.6 is 11.3 Å². The van der Waals surface area contributed by atoms with Gasteiger partial charge in [-0.3, -0.25) is 0 Å². The molecule has 0 aromatic carbocycles. The minimum atomic E-state index is -0.139. The largest absolute Gasteiger partial charge is 0.303 e. The van der Waals surface area contributed by atoms with E-state index in [1.165, 1.54) is 4.88 Å². The summed E-state index contributed by atoms with van der Waals surface area (Å²) in [6.45, 7) is 7.73. The monoisotopic (exact) mass is 184 g/mol. The maximum atomic E-state index is 9.83. The molecule has 0 N–H and O–H groups in total. The van der Waals surface area contributed by atoms with Crippen LogP contribution in [0.25, 0.3) is 0 Å². The second kappa shape index (κ2) is 5.09. The molecule has 1 aromatic heterocycles. The predicted molar refractivity (Wildman–Crippen MR) is 54.6 cm³/mol. The molecule has 0 aliphatic carbocycles. The van der Waals surface area contributed by atoms with Gasteiger partial charge in [0.1, 0.15) is 6.29 Å². The van der Waals surface area contributed by atoms with Gasteiger partial charge in [-0.05, 0) is 18.4 Å². The van der Waals surface area contributed by atoms with E-state index in [-0.39, 0.29) is 5.41 Å². The minimum absolute atomic E-state index is 0.139. The number of hydrogen-bond acceptors (Lipinski definition) is 2. The van der Waals surface area contributed by atoms with Crippen LogP contribution in [0.4, 0.5) is 0 Å². The molecule has 12 heavy (non-hydrogen) atoms. The lowest BCUT2D eigenvalue weighted by Crippen LogP contribution is -2.04. The van der Waals surface area contributed by atoms with Crippen molar-refractivity contribution in [3.05, 3.63) is 22.4 Å². The van der Waals surface area contributed by atoms with Crippen LogP contribution in [0.3, 0.4) is 0 Å². The van der Waals surface area contributed by atoms with Crippen molar-refractivity contribution in [2.45, 2.75) is 27.7 Å². The molecule has 0 fully saturated rings. The van der Waals surface area contributed by atoms with E-state index in [0.29, 0.717) is 0 Å². The maximum absolute atomic E-state index is 9.83. The zero-order chi connectivity index (χ0) is 9.61. The Labute approximate surface area is 78.4 Å². The quantitative estimate of drug-likeness (QED) is 0.565. The first kappa shape index (κ1) is 11.4. The number of hydrogen-bond donors (Lipinski definition) is 0. The van der Waals surface area contributed by atoms with E-state index in [1.54, 1.807) is 11.3 Å². The molecular weight excluding hydrogens is 168 g/mol. The van der Waals surface area contributed by atoms with Gasteiger partial charge in [-0.25, -0.2) is 0 Å². The molecule has 1 rings (SSSR count). The first-order valence-electron chi connectivity index (χ1n) is 3.92. The first-order chi connectivity index (χ1) is 5.45. The average molecular weight is 184 g/mol. The highest BCUT2D eigenvalue weighted by Gasteiger charge is 2.04. The molecule has 0 spiro atoms. The van der Waals surface area contributed by atoms with Crippen LogP contribution in [0.2, 0.25) is 0 Å². The van der Waals surface area contributed by atoms with Gasteiger partial charge in [0.05, 0.1) is 0 Å². The molecular formula is C10H16OS. The molecule has 0 amide bonds. The molecule has 1 heterocycles. The van der Waals surface area contributed by atoms with Gasteiger partial charge >= 0.3 is 0 Å². The molecule has 0 atom stereocenters. The average Bonchev–Trinajstić information content (AvgIpc) is 2.39. The second-order valence-electron chi connectivity index (χ2n) is 3.71. The predicted octanol–water partition coefficient (Wildman–Crippen LogP) is 3.29. The maximum Gasteiger partial charge on any atom is 0.125 e. The summed E-state index contributed by atoms with van der Waals surface area (Å²) < 4.78 is 0. The topological polar surface area (TPSA) is 17.1 Å². The summed E-state index contributed by atoms with van der Waals surface area (Å²) in [5.74, 6) is 0. The van der Waals surface area contributed by atoms with Crippen molar-refractivity contribution in [3.63, 3.8) is 0 Å². The van der Waals surface area contributed by atoms with Crippen molar-refractivity contribution in [1.82, 2.24) is 0 Å². The number of carbonyl (C=O) groups excluding carboxylic acids is 1. The summed E-state index contributed by atoms with van der Waals surface area (Å²) in [6.07, 6.45) is 0.938. The Morgan fingerprint density at radius 3 is 2.00 bits per heavy atom. The summed E-state index contributed by atoms with van der Waals surface area (Å²) in [6, 6.07) is 4.16. The molecule has 0 saturated carbocycles. The van der Waals surface area contributed by atoms with Crippen molar-refractivity contribution < 1.29 is 4.79 Å². The standard InChI is InChI=1S/C5H10O.C5H6S/c1-5(2,3)4-6;1-5-3-2-4-6-5/h4H,1-3H3;2-4H,1H3. The fraction of sp³-hybridized carbons (Fsp3) is 0.500. The van der Waals surface area contributed by atoms with Gasteiger partial charge in [0.15, 0.2) is 0 Å². The van der Waals surface area contributed by atoms with Gasteiger partial charge in [0, 0.05) is 10.3 Å². The Balaban J connectivity index is 0.000000202. The zero-order valence-electron chi connectivity index (χ0n) is 8.13. The molecule has 0 bridgehead atoms. The first-order valence-corrected chi connectivity index (χ1v) is 4.80. The van der Waals surface area contributed by atoms with Gasteiger partial charge in [-0.1, -0.05) is 26.8 Å². The zero-order valence-corrected chi connectivity index (χ0v) is 8.94. The Morgan fingerprint density at radius 1 is 1.42 bits per heavy atom.